The summed E-state index contributed by atoms with van der Waals surface area (Å²) in [6, 6.07) is 1.98. The summed E-state index contributed by atoms with van der Waals surface area (Å²) in [5.41, 5.74) is 0. The molecule has 4 heteroatoms. The number of nitrogens with zero attached hydrogens (tertiary/aromatic N) is 3. The zero-order valence-electron chi connectivity index (χ0n) is 10.0. The van der Waals surface area contributed by atoms with Gasteiger partial charge in [-0.25, -0.2) is 0 Å². The zero-order chi connectivity index (χ0) is 11.2. The number of hydrogen-bond acceptors (Lipinski definition) is 3. The molecule has 0 bridgehead atoms. The highest BCUT2D eigenvalue weighted by Gasteiger charge is 2.11. The number of hydrogen-bond donors (Lipinski definition) is 0. The minimum atomic E-state index is 0.683. The Morgan fingerprint density at radius 3 is 2.88 bits per heavy atom. The average molecular weight is 223 g/mol. The molecular weight excluding hydrogens is 202 g/mol. The largest absolute Gasteiger partial charge is 0.379 e. The van der Waals surface area contributed by atoms with Crippen LogP contribution in [0, 0.1) is 5.92 Å². The van der Waals surface area contributed by atoms with E-state index in [0.29, 0.717) is 5.92 Å². The van der Waals surface area contributed by atoms with Crippen molar-refractivity contribution >= 4 is 0 Å². The highest BCUT2D eigenvalue weighted by molar-refractivity contribution is 4.78. The van der Waals surface area contributed by atoms with Gasteiger partial charge >= 0.3 is 0 Å². The van der Waals surface area contributed by atoms with Gasteiger partial charge in [0.15, 0.2) is 0 Å². The fourth-order valence-electron chi connectivity index (χ4n) is 2.05. The standard InChI is InChI=1S/C12H21N3O/c1-12(11-15-5-2-4-13-15)3-6-14-7-9-16-10-8-14/h2,4-5,12H,3,6-11H2,1H3. The second-order valence-electron chi connectivity index (χ2n) is 4.58. The van der Waals surface area contributed by atoms with Gasteiger partial charge in [0, 0.05) is 32.0 Å². The van der Waals surface area contributed by atoms with Crippen molar-refractivity contribution in [2.75, 3.05) is 32.8 Å². The van der Waals surface area contributed by atoms with Crippen LogP contribution in [0.5, 0.6) is 0 Å². The lowest BCUT2D eigenvalue weighted by atomic mass is 10.1. The molecule has 0 radical (unpaired) electrons. The third-order valence-electron chi connectivity index (χ3n) is 3.10. The van der Waals surface area contributed by atoms with Crippen LogP contribution in [0.15, 0.2) is 18.5 Å². The van der Waals surface area contributed by atoms with Crippen molar-refractivity contribution in [1.29, 1.82) is 0 Å². The summed E-state index contributed by atoms with van der Waals surface area (Å²) in [4.78, 5) is 2.49. The Hall–Kier alpha value is -0.870. The summed E-state index contributed by atoms with van der Waals surface area (Å²) >= 11 is 0. The summed E-state index contributed by atoms with van der Waals surface area (Å²) in [6.07, 6.45) is 5.11. The lowest BCUT2D eigenvalue weighted by molar-refractivity contribution is 0.0353. The van der Waals surface area contributed by atoms with Crippen LogP contribution in [0.3, 0.4) is 0 Å². The van der Waals surface area contributed by atoms with Crippen molar-refractivity contribution in [3.05, 3.63) is 18.5 Å². The molecule has 0 N–H and O–H groups in total. The van der Waals surface area contributed by atoms with E-state index in [1.807, 2.05) is 23.1 Å². The number of ether oxygens (including phenoxy) is 1. The van der Waals surface area contributed by atoms with E-state index in [-0.39, 0.29) is 0 Å². The van der Waals surface area contributed by atoms with E-state index in [1.165, 1.54) is 13.0 Å². The van der Waals surface area contributed by atoms with E-state index < -0.39 is 0 Å². The van der Waals surface area contributed by atoms with Crippen molar-refractivity contribution in [3.63, 3.8) is 0 Å². The molecule has 1 atom stereocenters. The SMILES string of the molecule is CC(CCN1CCOCC1)Cn1cccn1. The summed E-state index contributed by atoms with van der Waals surface area (Å²) in [5.74, 6) is 0.683. The Bertz CT molecular complexity index is 280. The Balaban J connectivity index is 1.65. The molecule has 1 unspecified atom stereocenters. The lowest BCUT2D eigenvalue weighted by Crippen LogP contribution is -2.37. The summed E-state index contributed by atoms with van der Waals surface area (Å²) in [7, 11) is 0. The Labute approximate surface area is 97.2 Å². The highest BCUT2D eigenvalue weighted by Crippen LogP contribution is 2.07. The molecular formula is C12H21N3O. The van der Waals surface area contributed by atoms with Gasteiger partial charge in [-0.3, -0.25) is 9.58 Å². The third-order valence-corrected chi connectivity index (χ3v) is 3.10. The smallest absolute Gasteiger partial charge is 0.0594 e. The quantitative estimate of drug-likeness (QED) is 0.752. The predicted molar refractivity (Wildman–Crippen MR) is 63.3 cm³/mol. The zero-order valence-corrected chi connectivity index (χ0v) is 10.0. The molecule has 1 fully saturated rings. The van der Waals surface area contributed by atoms with Crippen molar-refractivity contribution in [1.82, 2.24) is 14.7 Å². The molecule has 1 aliphatic heterocycles. The van der Waals surface area contributed by atoms with Crippen LogP contribution in [-0.4, -0.2) is 47.5 Å². The van der Waals surface area contributed by atoms with Crippen LogP contribution in [0.4, 0.5) is 0 Å². The molecule has 2 heterocycles. The van der Waals surface area contributed by atoms with Crippen molar-refractivity contribution in [3.8, 4) is 0 Å². The minimum Gasteiger partial charge on any atom is -0.379 e. The minimum absolute atomic E-state index is 0.683. The van der Waals surface area contributed by atoms with Crippen molar-refractivity contribution in [2.45, 2.75) is 19.9 Å². The average Bonchev–Trinajstić information content (AvgIpc) is 2.81. The first kappa shape index (κ1) is 11.6. The predicted octanol–water partition coefficient (Wildman–Crippen LogP) is 1.24. The molecule has 1 aromatic rings. The van der Waals surface area contributed by atoms with E-state index in [1.54, 1.807) is 0 Å². The van der Waals surface area contributed by atoms with Crippen LogP contribution < -0.4 is 0 Å². The first-order chi connectivity index (χ1) is 7.84. The summed E-state index contributed by atoms with van der Waals surface area (Å²) < 4.78 is 7.35. The van der Waals surface area contributed by atoms with Crippen LogP contribution in [0.2, 0.25) is 0 Å². The molecule has 1 aromatic heterocycles. The van der Waals surface area contributed by atoms with Gasteiger partial charge < -0.3 is 4.74 Å². The molecule has 4 nitrogen and oxygen atoms in total. The molecule has 0 aliphatic carbocycles. The molecule has 1 saturated heterocycles. The molecule has 2 rings (SSSR count). The fraction of sp³-hybridized carbons (Fsp3) is 0.750. The van der Waals surface area contributed by atoms with Gasteiger partial charge in [0.05, 0.1) is 13.2 Å². The summed E-state index contributed by atoms with van der Waals surface area (Å²) in [5, 5.41) is 4.23. The van der Waals surface area contributed by atoms with Gasteiger partial charge in [0.1, 0.15) is 0 Å². The van der Waals surface area contributed by atoms with Crippen molar-refractivity contribution in [2.24, 2.45) is 5.92 Å². The van der Waals surface area contributed by atoms with Crippen LogP contribution >= 0.6 is 0 Å². The molecule has 1 aliphatic rings. The van der Waals surface area contributed by atoms with Gasteiger partial charge in [-0.1, -0.05) is 6.92 Å². The van der Waals surface area contributed by atoms with Crippen molar-refractivity contribution < 1.29 is 4.74 Å². The molecule has 0 spiro atoms. The number of morpholine rings is 1. The fourth-order valence-corrected chi connectivity index (χ4v) is 2.05. The number of aromatic nitrogens is 2. The van der Waals surface area contributed by atoms with Gasteiger partial charge in [0.25, 0.3) is 0 Å². The molecule has 0 aromatic carbocycles. The van der Waals surface area contributed by atoms with Crippen LogP contribution in [0.1, 0.15) is 13.3 Å². The van der Waals surface area contributed by atoms with E-state index in [9.17, 15) is 0 Å². The Kier molecular flexibility index (Phi) is 4.36. The maximum Gasteiger partial charge on any atom is 0.0594 e. The second-order valence-corrected chi connectivity index (χ2v) is 4.58. The molecule has 16 heavy (non-hydrogen) atoms. The van der Waals surface area contributed by atoms with Gasteiger partial charge in [-0.2, -0.15) is 5.10 Å². The Morgan fingerprint density at radius 2 is 2.19 bits per heavy atom. The maximum atomic E-state index is 5.34. The van der Waals surface area contributed by atoms with Crippen LogP contribution in [-0.2, 0) is 11.3 Å². The second kappa shape index (κ2) is 6.01. The van der Waals surface area contributed by atoms with E-state index in [2.05, 4.69) is 16.9 Å². The van der Waals surface area contributed by atoms with Crippen LogP contribution in [0.25, 0.3) is 0 Å². The first-order valence-corrected chi connectivity index (χ1v) is 6.12. The van der Waals surface area contributed by atoms with E-state index in [0.717, 1.165) is 32.8 Å². The van der Waals surface area contributed by atoms with E-state index in [4.69, 9.17) is 4.74 Å². The molecule has 90 valence electrons. The summed E-state index contributed by atoms with van der Waals surface area (Å²) in [6.45, 7) is 8.48. The van der Waals surface area contributed by atoms with E-state index >= 15 is 0 Å². The van der Waals surface area contributed by atoms with Gasteiger partial charge in [-0.15, -0.1) is 0 Å². The maximum absolute atomic E-state index is 5.34. The van der Waals surface area contributed by atoms with Gasteiger partial charge in [0.2, 0.25) is 0 Å². The highest BCUT2D eigenvalue weighted by atomic mass is 16.5. The molecule has 0 amide bonds. The first-order valence-electron chi connectivity index (χ1n) is 6.12. The molecule has 0 saturated carbocycles. The third kappa shape index (κ3) is 3.61. The monoisotopic (exact) mass is 223 g/mol. The lowest BCUT2D eigenvalue weighted by Gasteiger charge is -2.27. The normalized spacial score (nSPS) is 19.8. The topological polar surface area (TPSA) is 30.3 Å². The van der Waals surface area contributed by atoms with Gasteiger partial charge in [-0.05, 0) is 24.9 Å². The Morgan fingerprint density at radius 1 is 1.38 bits per heavy atom. The number of rotatable bonds is 5.